The fourth-order valence-corrected chi connectivity index (χ4v) is 7.94. The van der Waals surface area contributed by atoms with Crippen molar-refractivity contribution in [1.82, 2.24) is 25.5 Å². The monoisotopic (exact) mass is 716 g/mol. The molecular weight excluding hydrogens is 672 g/mol. The Labute approximate surface area is 308 Å². The van der Waals surface area contributed by atoms with Gasteiger partial charge in [-0.2, -0.15) is 5.26 Å². The number of aromatic nitrogens is 2. The van der Waals surface area contributed by atoms with Crippen molar-refractivity contribution < 1.29 is 19.8 Å². The van der Waals surface area contributed by atoms with Crippen molar-refractivity contribution in [2.24, 2.45) is 16.6 Å². The van der Waals surface area contributed by atoms with Crippen LogP contribution in [-0.2, 0) is 4.79 Å². The van der Waals surface area contributed by atoms with E-state index in [-0.39, 0.29) is 18.9 Å². The van der Waals surface area contributed by atoms with E-state index in [1.54, 1.807) is 11.5 Å². The van der Waals surface area contributed by atoms with Crippen LogP contribution in [0.5, 0.6) is 0 Å². The van der Waals surface area contributed by atoms with Gasteiger partial charge in [-0.3, -0.25) is 14.4 Å². The van der Waals surface area contributed by atoms with E-state index in [4.69, 9.17) is 15.7 Å². The van der Waals surface area contributed by atoms with E-state index < -0.39 is 41.9 Å². The lowest BCUT2D eigenvalue weighted by Crippen LogP contribution is -2.62. The minimum absolute atomic E-state index is 0.0906. The van der Waals surface area contributed by atoms with E-state index in [0.29, 0.717) is 42.9 Å². The molecular formula is C39H44N10O4. The topological polar surface area (TPSA) is 197 Å². The van der Waals surface area contributed by atoms with Gasteiger partial charge in [0.05, 0.1) is 18.5 Å². The molecule has 0 radical (unpaired) electrons. The highest BCUT2D eigenvalue weighted by Gasteiger charge is 2.59. The van der Waals surface area contributed by atoms with Crippen LogP contribution in [0.3, 0.4) is 0 Å². The fraction of sp³-hybridized carbons (Fsp3) is 0.359. The van der Waals surface area contributed by atoms with E-state index >= 15 is 0 Å². The molecule has 0 unspecified atom stereocenters. The molecule has 3 heterocycles. The van der Waals surface area contributed by atoms with Gasteiger partial charge in [0.15, 0.2) is 29.3 Å². The number of hydrogen-bond donors (Lipinski definition) is 6. The van der Waals surface area contributed by atoms with Crippen LogP contribution < -0.4 is 31.5 Å². The highest BCUT2D eigenvalue weighted by Crippen LogP contribution is 2.48. The number of anilines is 2. The van der Waals surface area contributed by atoms with Crippen molar-refractivity contribution in [3.63, 3.8) is 0 Å². The lowest BCUT2D eigenvalue weighted by Gasteiger charge is -2.37. The smallest absolute Gasteiger partial charge is 0.314 e. The molecule has 0 bridgehead atoms. The first kappa shape index (κ1) is 35.5. The Bertz CT molecular complexity index is 1960. The first-order valence-electron chi connectivity index (χ1n) is 18.0. The number of carbonyl (C=O) groups is 2. The van der Waals surface area contributed by atoms with E-state index in [2.05, 4.69) is 51.3 Å². The molecule has 7 N–H and O–H groups in total. The van der Waals surface area contributed by atoms with Gasteiger partial charge < -0.3 is 36.8 Å². The van der Waals surface area contributed by atoms with Crippen LogP contribution in [-0.4, -0.2) is 75.5 Å². The fourth-order valence-electron chi connectivity index (χ4n) is 7.94. The lowest BCUT2D eigenvalue weighted by molar-refractivity contribution is -0.143. The third-order valence-electron chi connectivity index (χ3n) is 10.4. The number of aliphatic imine (C=N–C) groups is 1. The van der Waals surface area contributed by atoms with Gasteiger partial charge in [0, 0.05) is 25.6 Å². The van der Waals surface area contributed by atoms with E-state index in [1.165, 1.54) is 4.90 Å². The van der Waals surface area contributed by atoms with Crippen LogP contribution in [0.2, 0.25) is 0 Å². The number of imidazole rings is 1. The summed E-state index contributed by atoms with van der Waals surface area (Å²) in [7, 11) is 0. The Morgan fingerprint density at radius 1 is 1.04 bits per heavy atom. The Balaban J connectivity index is 1.42. The molecule has 4 aromatic rings. The molecule has 1 saturated carbocycles. The number of aliphatic hydroxyl groups excluding tert-OH is 1. The predicted molar refractivity (Wildman–Crippen MR) is 200 cm³/mol. The minimum atomic E-state index is -2.41. The number of nitrogens with zero attached hydrogens (tertiary/aromatic N) is 6. The molecule has 7 rings (SSSR count). The third-order valence-corrected chi connectivity index (χ3v) is 10.4. The van der Waals surface area contributed by atoms with Crippen LogP contribution >= 0.6 is 0 Å². The maximum absolute atomic E-state index is 13.4. The van der Waals surface area contributed by atoms with Gasteiger partial charge in [0.2, 0.25) is 11.9 Å². The number of carbonyl (C=O) groups excluding carboxylic acids is 2. The highest BCUT2D eigenvalue weighted by molar-refractivity contribution is 6.04. The average Bonchev–Trinajstić information content (AvgIpc) is 3.90. The van der Waals surface area contributed by atoms with E-state index in [9.17, 15) is 25.1 Å². The Morgan fingerprint density at radius 2 is 1.64 bits per heavy atom. The number of primary amides is 1. The molecule has 5 atom stereocenters. The second kappa shape index (κ2) is 15.0. The number of hydrogen-bond acceptors (Lipinski definition) is 9. The van der Waals surface area contributed by atoms with E-state index in [1.807, 2.05) is 66.7 Å². The molecule has 2 fully saturated rings. The molecule has 274 valence electrons. The van der Waals surface area contributed by atoms with Crippen LogP contribution in [0, 0.1) is 17.4 Å². The Hall–Kier alpha value is -5.91. The number of nitrogens with one attached hydrogen (secondary N) is 3. The number of rotatable bonds is 10. The highest BCUT2D eigenvalue weighted by atomic mass is 16.4. The summed E-state index contributed by atoms with van der Waals surface area (Å²) in [5.41, 5.74) is 6.43. The maximum Gasteiger partial charge on any atom is 0.314 e. The number of aliphatic hydroxyl groups is 2. The van der Waals surface area contributed by atoms with Gasteiger partial charge >= 0.3 is 6.03 Å². The number of amidine groups is 1. The zero-order valence-electron chi connectivity index (χ0n) is 29.5. The third kappa shape index (κ3) is 6.65. The molecule has 3 aromatic carbocycles. The van der Waals surface area contributed by atoms with Crippen molar-refractivity contribution >= 4 is 29.5 Å². The lowest BCUT2D eigenvalue weighted by atomic mass is 9.91. The average molecular weight is 717 g/mol. The Morgan fingerprint density at radius 3 is 2.21 bits per heavy atom. The van der Waals surface area contributed by atoms with Crippen molar-refractivity contribution in [2.45, 2.75) is 56.1 Å². The molecule has 14 heteroatoms. The van der Waals surface area contributed by atoms with Gasteiger partial charge in [-0.15, -0.1) is 0 Å². The van der Waals surface area contributed by atoms with E-state index in [0.717, 1.165) is 29.5 Å². The maximum atomic E-state index is 13.4. The zero-order valence-corrected chi connectivity index (χ0v) is 29.5. The molecule has 3 amide bonds. The summed E-state index contributed by atoms with van der Waals surface area (Å²) in [6.45, 7) is 3.69. The van der Waals surface area contributed by atoms with Crippen LogP contribution in [0.25, 0.3) is 0 Å². The second-order valence-corrected chi connectivity index (χ2v) is 13.6. The second-order valence-electron chi connectivity index (χ2n) is 13.6. The molecule has 14 nitrogen and oxygen atoms in total. The quantitative estimate of drug-likeness (QED) is 0.106. The van der Waals surface area contributed by atoms with Crippen molar-refractivity contribution in [2.75, 3.05) is 36.0 Å². The largest absolute Gasteiger partial charge is 0.386 e. The van der Waals surface area contributed by atoms with Crippen LogP contribution in [0.15, 0.2) is 96.0 Å². The first-order chi connectivity index (χ1) is 25.7. The summed E-state index contributed by atoms with van der Waals surface area (Å²) in [6.07, 6.45) is 1.65. The minimum Gasteiger partial charge on any atom is -0.386 e. The normalized spacial score (nSPS) is 24.5. The summed E-state index contributed by atoms with van der Waals surface area (Å²) in [5, 5.41) is 43.3. The standard InChI is InChI=1S/C39H44N10O4/c1-2-42-35(51)29-22-30(32(50)39(29,53)46-37(41)52)49-36-31(44-38(49)47-20-12-13-21-47)33(45-34(48(36)24-40)27-18-10-5-11-19-27)43-23-28(25-14-6-3-7-15-25)26-16-8-4-9-17-26/h3-11,14-19,28-30,32,34,50,53H,2,12-13,20-23H2,1H3,(H,42,51)(H,43,45)(H3,41,46,52)/t29-,30-,32+,34-,39-/m1/s1. The van der Waals surface area contributed by atoms with Gasteiger partial charge in [0.1, 0.15) is 12.3 Å². The van der Waals surface area contributed by atoms with Gasteiger partial charge in [-0.1, -0.05) is 91.0 Å². The van der Waals surface area contributed by atoms with Crippen molar-refractivity contribution in [3.05, 3.63) is 113 Å². The molecule has 1 aromatic heterocycles. The zero-order chi connectivity index (χ0) is 37.1. The summed E-state index contributed by atoms with van der Waals surface area (Å²) in [5.74, 6) is -0.664. The number of nitrogens with two attached hydrogens (primary N) is 1. The van der Waals surface area contributed by atoms with Gasteiger partial charge in [0.25, 0.3) is 0 Å². The number of benzene rings is 3. The SMILES string of the molecule is CCNC(=O)[C@H]1C[C@@H](n2c(N3CCCC3)nc3c2N(C#N)[C@H](c2ccccc2)NC3=NCC(c2ccccc2)c2ccccc2)[C@H](O)[C@@]1(O)NC(N)=O. The summed E-state index contributed by atoms with van der Waals surface area (Å²) < 4.78 is 1.75. The molecule has 3 aliphatic rings. The molecule has 0 spiro atoms. The van der Waals surface area contributed by atoms with Gasteiger partial charge in [-0.05, 0) is 42.9 Å². The molecule has 53 heavy (non-hydrogen) atoms. The number of nitriles is 1. The summed E-state index contributed by atoms with van der Waals surface area (Å²) in [6, 6.07) is 27.7. The summed E-state index contributed by atoms with van der Waals surface area (Å²) >= 11 is 0. The van der Waals surface area contributed by atoms with Gasteiger partial charge in [-0.25, -0.2) is 14.7 Å². The molecule has 1 saturated heterocycles. The summed E-state index contributed by atoms with van der Waals surface area (Å²) in [4.78, 5) is 39.6. The number of fused-ring (bicyclic) bond motifs is 1. The molecule has 1 aliphatic carbocycles. The number of urea groups is 1. The van der Waals surface area contributed by atoms with Crippen LogP contribution in [0.4, 0.5) is 16.6 Å². The predicted octanol–water partition coefficient (Wildman–Crippen LogP) is 3.07. The Kier molecular flexibility index (Phi) is 10.0. The van der Waals surface area contributed by atoms with Crippen LogP contribution in [0.1, 0.15) is 66.7 Å². The number of amides is 3. The van der Waals surface area contributed by atoms with Crippen molar-refractivity contribution in [1.29, 1.82) is 5.26 Å². The first-order valence-corrected chi connectivity index (χ1v) is 18.0. The molecule has 2 aliphatic heterocycles. The van der Waals surface area contributed by atoms with Crippen molar-refractivity contribution in [3.8, 4) is 6.19 Å².